The molecule has 0 spiro atoms. The van der Waals surface area contributed by atoms with Gasteiger partial charge in [-0.05, 0) is 95.3 Å². The largest absolute Gasteiger partial charge is 0.494 e. The van der Waals surface area contributed by atoms with Crippen LogP contribution in [-0.2, 0) is 34.5 Å². The number of amides is 2. The lowest BCUT2D eigenvalue weighted by atomic mass is 9.78. The number of thiophene rings is 2. The Hall–Kier alpha value is -4.74. The Balaban J connectivity index is 0.000000232. The molecular formula is C45H52BBrN4O8S2. The van der Waals surface area contributed by atoms with Gasteiger partial charge in [0.1, 0.15) is 0 Å². The molecule has 6 rings (SSSR count). The van der Waals surface area contributed by atoms with Gasteiger partial charge in [0.25, 0.3) is 11.8 Å². The summed E-state index contributed by atoms with van der Waals surface area (Å²) in [4.78, 5) is 61.4. The number of nitrogens with zero attached hydrogens (tertiary/aromatic N) is 2. The van der Waals surface area contributed by atoms with E-state index in [9.17, 15) is 24.3 Å². The Morgan fingerprint density at radius 3 is 1.54 bits per heavy atom. The zero-order chi connectivity index (χ0) is 45.1. The van der Waals surface area contributed by atoms with Crippen LogP contribution in [-0.4, -0.2) is 64.3 Å². The van der Waals surface area contributed by atoms with E-state index in [0.717, 1.165) is 25.3 Å². The van der Waals surface area contributed by atoms with Crippen molar-refractivity contribution in [1.82, 2.24) is 20.6 Å². The third kappa shape index (κ3) is 11.6. The first-order valence-corrected chi connectivity index (χ1v) is 22.0. The predicted octanol–water partition coefficient (Wildman–Crippen LogP) is 8.81. The fourth-order valence-corrected chi connectivity index (χ4v) is 8.06. The Morgan fingerprint density at radius 1 is 0.705 bits per heavy atom. The summed E-state index contributed by atoms with van der Waals surface area (Å²) in [6, 6.07) is 19.4. The van der Waals surface area contributed by atoms with Crippen LogP contribution in [0.2, 0.25) is 0 Å². The van der Waals surface area contributed by atoms with Crippen LogP contribution in [0.15, 0.2) is 89.7 Å². The van der Waals surface area contributed by atoms with Crippen molar-refractivity contribution in [3.8, 4) is 11.4 Å². The molecule has 16 heteroatoms. The van der Waals surface area contributed by atoms with Crippen LogP contribution in [0.3, 0.4) is 0 Å². The SMILES string of the molecule is CC(C)(C)c1ccc(C(=O)NC(C(=O)O)c2ccc(-c3ncc(Br)cn3)cc2)s1.COC(=O)C(NC(=O)c1ccc(C(C)(C)C)s1)c1ccc(B2OC(C)(C)C(C)(C)O2)cc1. The second-order valence-corrected chi connectivity index (χ2v) is 20.7. The van der Waals surface area contributed by atoms with Crippen LogP contribution in [0.1, 0.15) is 122 Å². The van der Waals surface area contributed by atoms with E-state index in [-0.39, 0.29) is 16.7 Å². The topological polar surface area (TPSA) is 166 Å². The highest BCUT2D eigenvalue weighted by molar-refractivity contribution is 9.10. The average molecular weight is 932 g/mol. The minimum atomic E-state index is -1.15. The van der Waals surface area contributed by atoms with E-state index in [1.54, 1.807) is 60.9 Å². The summed E-state index contributed by atoms with van der Waals surface area (Å²) >= 11 is 6.09. The summed E-state index contributed by atoms with van der Waals surface area (Å²) in [7, 11) is 0.811. The third-order valence-corrected chi connectivity index (χ3v) is 13.7. The summed E-state index contributed by atoms with van der Waals surface area (Å²) in [5.74, 6) is -1.84. The van der Waals surface area contributed by atoms with Crippen molar-refractivity contribution < 1.29 is 38.3 Å². The molecule has 4 heterocycles. The number of rotatable bonds is 10. The number of esters is 1. The number of carboxylic acids is 1. The van der Waals surface area contributed by atoms with Gasteiger partial charge in [0.05, 0.1) is 32.5 Å². The van der Waals surface area contributed by atoms with E-state index < -0.39 is 48.2 Å². The van der Waals surface area contributed by atoms with Crippen LogP contribution in [0, 0.1) is 0 Å². The molecule has 12 nitrogen and oxygen atoms in total. The van der Waals surface area contributed by atoms with Gasteiger partial charge in [0, 0.05) is 27.7 Å². The minimum absolute atomic E-state index is 0.0473. The van der Waals surface area contributed by atoms with Gasteiger partial charge in [-0.3, -0.25) is 9.59 Å². The van der Waals surface area contributed by atoms with Crippen molar-refractivity contribution in [1.29, 1.82) is 0 Å². The van der Waals surface area contributed by atoms with Crippen molar-refractivity contribution in [2.24, 2.45) is 0 Å². The number of benzene rings is 2. The lowest BCUT2D eigenvalue weighted by molar-refractivity contribution is -0.143. The van der Waals surface area contributed by atoms with Gasteiger partial charge in [-0.1, -0.05) is 90.1 Å². The first-order valence-electron chi connectivity index (χ1n) is 19.6. The fraction of sp³-hybridized carbons (Fsp3) is 0.378. The monoisotopic (exact) mass is 930 g/mol. The van der Waals surface area contributed by atoms with Crippen molar-refractivity contribution in [2.75, 3.05) is 7.11 Å². The molecule has 322 valence electrons. The molecule has 2 unspecified atom stereocenters. The van der Waals surface area contributed by atoms with E-state index in [2.05, 4.69) is 78.1 Å². The van der Waals surface area contributed by atoms with Crippen molar-refractivity contribution in [3.05, 3.63) is 120 Å². The number of carbonyl (C=O) groups is 4. The molecule has 0 bridgehead atoms. The molecule has 1 saturated heterocycles. The van der Waals surface area contributed by atoms with Crippen LogP contribution in [0.25, 0.3) is 11.4 Å². The molecule has 3 N–H and O–H groups in total. The number of ether oxygens (including phenoxy) is 1. The molecule has 3 aromatic heterocycles. The second kappa shape index (κ2) is 18.7. The molecule has 5 aromatic rings. The molecule has 2 atom stereocenters. The maximum atomic E-state index is 12.9. The maximum Gasteiger partial charge on any atom is 0.494 e. The molecule has 61 heavy (non-hydrogen) atoms. The molecule has 2 amide bonds. The number of halogens is 1. The molecule has 2 aromatic carbocycles. The van der Waals surface area contributed by atoms with E-state index >= 15 is 0 Å². The zero-order valence-corrected chi connectivity index (χ0v) is 39.4. The summed E-state index contributed by atoms with van der Waals surface area (Å²) in [6.45, 7) is 20.5. The second-order valence-electron chi connectivity index (χ2n) is 17.6. The van der Waals surface area contributed by atoms with Gasteiger partial charge in [0.15, 0.2) is 17.9 Å². The van der Waals surface area contributed by atoms with Crippen LogP contribution in [0.4, 0.5) is 0 Å². The van der Waals surface area contributed by atoms with E-state index in [4.69, 9.17) is 14.0 Å². The van der Waals surface area contributed by atoms with Crippen molar-refractivity contribution >= 4 is 74.9 Å². The standard InChI is InChI=1S/C24H32BNO5S.C21H20BrN3O3S/c1-22(2,3)18-14-13-17(32-18)20(27)26-19(21(28)29-8)15-9-11-16(12-10-15)25-30-23(4,5)24(6,7)31-25;1-21(2,3)16-9-8-15(29-16)19(26)25-17(20(27)28)12-4-6-13(7-5-12)18-23-10-14(22)11-24-18/h9-14,19H,1-8H3,(H,26,27);4-11,17H,1-3H3,(H,25,26)(H,27,28). The summed E-state index contributed by atoms with van der Waals surface area (Å²) in [5, 5.41) is 15.1. The Kier molecular flexibility index (Phi) is 14.5. The molecule has 1 fully saturated rings. The Morgan fingerprint density at radius 2 is 1.13 bits per heavy atom. The van der Waals surface area contributed by atoms with Crippen molar-refractivity contribution in [2.45, 2.75) is 103 Å². The number of nitrogens with one attached hydrogen (secondary N) is 2. The maximum absolute atomic E-state index is 12.9. The molecule has 0 saturated carbocycles. The number of hydrogen-bond acceptors (Lipinski definition) is 11. The Bertz CT molecular complexity index is 2330. The molecular weight excluding hydrogens is 879 g/mol. The van der Waals surface area contributed by atoms with Gasteiger partial charge in [-0.15, -0.1) is 22.7 Å². The fourth-order valence-electron chi connectivity index (χ4n) is 5.93. The smallest absolute Gasteiger partial charge is 0.479 e. The highest BCUT2D eigenvalue weighted by Crippen LogP contribution is 2.37. The lowest BCUT2D eigenvalue weighted by Crippen LogP contribution is -2.41. The van der Waals surface area contributed by atoms with E-state index in [0.29, 0.717) is 26.7 Å². The molecule has 1 aliphatic heterocycles. The summed E-state index contributed by atoms with van der Waals surface area (Å²) in [5.41, 5.74) is 1.70. The van der Waals surface area contributed by atoms with Crippen LogP contribution < -0.4 is 16.1 Å². The first kappa shape index (κ1) is 47.3. The van der Waals surface area contributed by atoms with Crippen molar-refractivity contribution in [3.63, 3.8) is 0 Å². The number of methoxy groups -OCH3 is 1. The lowest BCUT2D eigenvalue weighted by Gasteiger charge is -2.32. The number of aliphatic carboxylic acids is 1. The third-order valence-electron chi connectivity index (χ3n) is 10.3. The number of aromatic nitrogens is 2. The van der Waals surface area contributed by atoms with Crippen LogP contribution in [0.5, 0.6) is 0 Å². The number of carbonyl (C=O) groups excluding carboxylic acids is 3. The Labute approximate surface area is 374 Å². The number of hydrogen-bond donors (Lipinski definition) is 3. The highest BCUT2D eigenvalue weighted by Gasteiger charge is 2.51. The van der Waals surface area contributed by atoms with Crippen LogP contribution >= 0.6 is 38.6 Å². The van der Waals surface area contributed by atoms with Gasteiger partial charge in [-0.2, -0.15) is 0 Å². The summed E-state index contributed by atoms with van der Waals surface area (Å²) < 4.78 is 17.9. The van der Waals surface area contributed by atoms with Gasteiger partial charge in [0.2, 0.25) is 0 Å². The quantitative estimate of drug-likeness (QED) is 0.0911. The first-order chi connectivity index (χ1) is 28.4. The number of carboxylic acid groups (broad SMARTS) is 1. The average Bonchev–Trinajstić information content (AvgIpc) is 3.95. The summed E-state index contributed by atoms with van der Waals surface area (Å²) in [6.07, 6.45) is 3.28. The van der Waals surface area contributed by atoms with E-state index in [1.165, 1.54) is 29.8 Å². The minimum Gasteiger partial charge on any atom is -0.479 e. The normalized spacial score (nSPS) is 15.5. The van der Waals surface area contributed by atoms with Gasteiger partial charge >= 0.3 is 19.1 Å². The molecule has 0 aliphatic carbocycles. The van der Waals surface area contributed by atoms with Gasteiger partial charge in [-0.25, -0.2) is 19.6 Å². The van der Waals surface area contributed by atoms with Gasteiger partial charge < -0.3 is 29.8 Å². The predicted molar refractivity (Wildman–Crippen MR) is 243 cm³/mol. The zero-order valence-electron chi connectivity index (χ0n) is 36.2. The van der Waals surface area contributed by atoms with E-state index in [1.807, 2.05) is 52.0 Å². The highest BCUT2D eigenvalue weighted by atomic mass is 79.9. The molecule has 1 aliphatic rings. The molecule has 0 radical (unpaired) electrons.